The van der Waals surface area contributed by atoms with Gasteiger partial charge in [-0.2, -0.15) is 164 Å². The molecule has 0 saturated carbocycles. The van der Waals surface area contributed by atoms with E-state index in [1.165, 1.54) is 0 Å². The maximum Gasteiger partial charge on any atom is 3.00 e. The van der Waals surface area contributed by atoms with Gasteiger partial charge in [-0.15, -0.1) is 0 Å². The van der Waals surface area contributed by atoms with E-state index in [-0.39, 0.29) is 64.2 Å². The van der Waals surface area contributed by atoms with Crippen LogP contribution in [0.15, 0.2) is 36.4 Å². The van der Waals surface area contributed by atoms with Crippen molar-refractivity contribution >= 4 is 23.8 Å². The SMILES string of the molecule is O=C([O-])CN(CCONCc1cc(CC(C(F)(F)F)(C(F)(F)F)C(F)(F)F)cc(CC(C(F)(F)F)(C(F)(F)F)C(F)(F)F)c1)CCN(CCN(CC(=O)[O-])CC(=O)NCc1cc(CC(C(F)(F)F)(C(F)(F)F)C(F)(F)F)cc(CC(C(F)(F)F)(C(F)(F)F)C(F)(F)F)c1)CC(=O)[O-].[Gd+3]. The van der Waals surface area contributed by atoms with Crippen LogP contribution in [-0.2, 0) is 62.8 Å². The monoisotopic (exact) mass is 1660 g/mol. The van der Waals surface area contributed by atoms with Crippen LogP contribution >= 0.6 is 0 Å². The Labute approximate surface area is 554 Å². The predicted octanol–water partition coefficient (Wildman–Crippen LogP) is 9.04. The zero-order valence-corrected chi connectivity index (χ0v) is 49.6. The van der Waals surface area contributed by atoms with Gasteiger partial charge in [0.15, 0.2) is 0 Å². The quantitative estimate of drug-likeness (QED) is 0.0431. The smallest absolute Gasteiger partial charge is 0.549 e. The van der Waals surface area contributed by atoms with E-state index in [1.807, 2.05) is 0 Å². The van der Waals surface area contributed by atoms with Crippen molar-refractivity contribution in [1.82, 2.24) is 25.5 Å². The Hall–Kier alpha value is -5.08. The Bertz CT molecular complexity index is 2710. The number of amides is 1. The summed E-state index contributed by atoms with van der Waals surface area (Å²) in [5.74, 6) is -8.01. The number of carbonyl (C=O) groups is 4. The second-order valence-corrected chi connectivity index (χ2v) is 20.9. The second-order valence-electron chi connectivity index (χ2n) is 20.9. The number of rotatable bonds is 30. The first kappa shape index (κ1) is 90.9. The van der Waals surface area contributed by atoms with Gasteiger partial charge in [0.05, 0.1) is 31.1 Å². The Morgan fingerprint density at radius 2 is 0.510 bits per heavy atom. The van der Waals surface area contributed by atoms with Crippen LogP contribution in [-0.4, -0.2) is 178 Å². The average molecular weight is 1660 g/mol. The zero-order chi connectivity index (χ0) is 76.2. The molecule has 1 radical (unpaired) electrons. The van der Waals surface area contributed by atoms with Crippen LogP contribution in [0, 0.1) is 61.6 Å². The van der Waals surface area contributed by atoms with Gasteiger partial charge in [-0.3, -0.25) is 19.5 Å². The number of nitrogens with one attached hydrogen (secondary N) is 2. The van der Waals surface area contributed by atoms with Gasteiger partial charge in [0, 0.05) is 91.1 Å². The first-order chi connectivity index (χ1) is 43.0. The summed E-state index contributed by atoms with van der Waals surface area (Å²) >= 11 is 0. The fourth-order valence-corrected chi connectivity index (χ4v) is 9.36. The number of carboxylic acids is 3. The summed E-state index contributed by atoms with van der Waals surface area (Å²) in [6, 6.07) is -2.36. The van der Waals surface area contributed by atoms with Gasteiger partial charge in [-0.1, -0.05) is 36.4 Å². The second kappa shape index (κ2) is 31.7. The number of halogens is 36. The number of hydrogen-bond acceptors (Lipinski definition) is 12. The van der Waals surface area contributed by atoms with E-state index < -0.39 is 269 Å². The van der Waals surface area contributed by atoms with Crippen LogP contribution in [0.2, 0.25) is 0 Å². The molecule has 0 spiro atoms. The van der Waals surface area contributed by atoms with Crippen LogP contribution in [0.4, 0.5) is 158 Å². The Kier molecular flexibility index (Phi) is 29.4. The molecule has 0 aliphatic heterocycles. The summed E-state index contributed by atoms with van der Waals surface area (Å²) in [6.45, 7) is -14.1. The Morgan fingerprint density at radius 1 is 0.306 bits per heavy atom. The molecule has 0 aromatic heterocycles. The molecule has 565 valence electrons. The third kappa shape index (κ3) is 21.3. The van der Waals surface area contributed by atoms with Gasteiger partial charge >= 0.3 is 114 Å². The van der Waals surface area contributed by atoms with Crippen molar-refractivity contribution in [3.63, 3.8) is 0 Å². The van der Waals surface area contributed by atoms with Crippen molar-refractivity contribution in [3.8, 4) is 0 Å². The minimum atomic E-state index is -7.51. The van der Waals surface area contributed by atoms with Gasteiger partial charge in [0.2, 0.25) is 5.91 Å². The van der Waals surface area contributed by atoms with E-state index in [0.29, 0.717) is 14.7 Å². The molecule has 0 heterocycles. The molecular formula is C48H40F36GdN5O8. The van der Waals surface area contributed by atoms with Gasteiger partial charge < -0.3 is 39.9 Å². The molecule has 2 aromatic rings. The minimum absolute atomic E-state index is 0. The zero-order valence-electron chi connectivity index (χ0n) is 47.3. The predicted molar refractivity (Wildman–Crippen MR) is 239 cm³/mol. The van der Waals surface area contributed by atoms with E-state index in [1.54, 1.807) is 10.8 Å². The van der Waals surface area contributed by atoms with Crippen molar-refractivity contribution in [2.45, 2.75) is 113 Å². The molecule has 0 aliphatic rings. The summed E-state index contributed by atoms with van der Waals surface area (Å²) in [7, 11) is 0. The Balaban J connectivity index is 0.0000480. The third-order valence-corrected chi connectivity index (χ3v) is 14.2. The third-order valence-electron chi connectivity index (χ3n) is 14.2. The standard InChI is InChI=1S/C48H43F36N5O8.Gd/c49-37(50,51)33(38(52,53)54,39(55,56)57)13-23-7-24(14-34(40(58,59)60,41(61,62)63)42(64,65)66)10-27(9-23)17-85-29(90)19-89(22-32(95)96)4-3-87(20-30(91)92)1-2-88(21-31(93)94)5-6-97-86-18-28-11-25(15-35(43(67,68)69,44(70,71)72)45(73,74)75)8-26(12-28)16-36(46(76,77)78,47(79,80)81)48(82,83)84;/h7-12,86H,1-6,13-22H2,(H,85,90)(H,91,92)(H,93,94)(H,95,96);/q;+3/p-3. The number of carboxylic acid groups (broad SMARTS) is 3. The van der Waals surface area contributed by atoms with E-state index in [4.69, 9.17) is 4.84 Å². The van der Waals surface area contributed by atoms with Crippen molar-refractivity contribution in [3.05, 3.63) is 69.8 Å². The summed E-state index contributed by atoms with van der Waals surface area (Å²) < 4.78 is 500. The van der Waals surface area contributed by atoms with Crippen LogP contribution < -0.4 is 26.1 Å². The fourth-order valence-electron chi connectivity index (χ4n) is 9.36. The van der Waals surface area contributed by atoms with Crippen LogP contribution in [0.25, 0.3) is 0 Å². The number of benzene rings is 2. The summed E-state index contributed by atoms with van der Waals surface area (Å²) in [4.78, 5) is 54.3. The first-order valence-corrected chi connectivity index (χ1v) is 25.4. The number of hydroxylamine groups is 1. The molecular weight excluding hydrogens is 1620 g/mol. The summed E-state index contributed by atoms with van der Waals surface area (Å²) in [5.41, 5.74) is -37.6. The molecule has 2 aromatic carbocycles. The average Bonchev–Trinajstić information content (AvgIpc) is 0.742. The molecule has 0 saturated heterocycles. The van der Waals surface area contributed by atoms with Gasteiger partial charge in [0.25, 0.3) is 21.7 Å². The van der Waals surface area contributed by atoms with Gasteiger partial charge in [-0.05, 0) is 33.4 Å². The molecule has 2 rings (SSSR count). The molecule has 2 N–H and O–H groups in total. The fraction of sp³-hybridized carbons (Fsp3) is 0.667. The van der Waals surface area contributed by atoms with Crippen molar-refractivity contribution in [1.29, 1.82) is 0 Å². The largest absolute Gasteiger partial charge is 3.00 e. The molecule has 1 amide bonds. The summed E-state index contributed by atoms with van der Waals surface area (Å²) in [5, 5.41) is 36.4. The number of carbonyl (C=O) groups excluding carboxylic acids is 4. The minimum Gasteiger partial charge on any atom is -0.549 e. The van der Waals surface area contributed by atoms with E-state index in [0.717, 1.165) is 0 Å². The summed E-state index contributed by atoms with van der Waals surface area (Å²) in [6.07, 6.45) is -104. The van der Waals surface area contributed by atoms with E-state index >= 15 is 0 Å². The molecule has 0 aliphatic carbocycles. The normalized spacial score (nSPS) is 14.5. The maximum atomic E-state index is 13.9. The number of alkyl halides is 36. The molecule has 0 fully saturated rings. The van der Waals surface area contributed by atoms with Crippen LogP contribution in [0.5, 0.6) is 0 Å². The molecule has 0 unspecified atom stereocenters. The van der Waals surface area contributed by atoms with Crippen LogP contribution in [0.3, 0.4) is 0 Å². The molecule has 98 heavy (non-hydrogen) atoms. The molecule has 0 bridgehead atoms. The molecule has 0 atom stereocenters. The first-order valence-electron chi connectivity index (χ1n) is 25.4. The van der Waals surface area contributed by atoms with Crippen LogP contribution in [0.1, 0.15) is 33.4 Å². The number of hydrogen-bond donors (Lipinski definition) is 2. The number of aliphatic carboxylic acids is 3. The molecule has 13 nitrogen and oxygen atoms in total. The van der Waals surface area contributed by atoms with Gasteiger partial charge in [0.1, 0.15) is 0 Å². The van der Waals surface area contributed by atoms with Gasteiger partial charge in [-0.25, -0.2) is 0 Å². The van der Waals surface area contributed by atoms with Crippen molar-refractivity contribution < 1.29 is 237 Å². The number of nitrogens with zero attached hydrogens (tertiary/aromatic N) is 3. The van der Waals surface area contributed by atoms with Crippen molar-refractivity contribution in [2.24, 2.45) is 21.7 Å². The Morgan fingerprint density at radius 3 is 0.745 bits per heavy atom. The topological polar surface area (TPSA) is 180 Å². The van der Waals surface area contributed by atoms with E-state index in [9.17, 15) is 193 Å². The van der Waals surface area contributed by atoms with Crippen molar-refractivity contribution in [2.75, 3.05) is 65.5 Å². The molecule has 50 heteroatoms. The maximum absolute atomic E-state index is 13.9. The van der Waals surface area contributed by atoms with E-state index in [2.05, 4.69) is 0 Å².